The summed E-state index contributed by atoms with van der Waals surface area (Å²) >= 11 is 0. The maximum atomic E-state index is 4.36. The Hall–Kier alpha value is -2.65. The number of nitrogens with zero attached hydrogens (tertiary/aromatic N) is 7. The van der Waals surface area contributed by atoms with Crippen LogP contribution in [-0.4, -0.2) is 35.9 Å². The molecule has 0 N–H and O–H groups in total. The van der Waals surface area contributed by atoms with Crippen molar-refractivity contribution in [1.82, 2.24) is 35.9 Å². The van der Waals surface area contributed by atoms with E-state index in [4.69, 9.17) is 0 Å². The Balaban J connectivity index is 0.000000112. The molecule has 0 saturated heterocycles. The summed E-state index contributed by atoms with van der Waals surface area (Å²) in [5.74, 6) is 0. The maximum Gasteiger partial charge on any atom is 0.235 e. The molecule has 0 amide bonds. The van der Waals surface area contributed by atoms with Crippen molar-refractivity contribution >= 4 is 0 Å². The van der Waals surface area contributed by atoms with Gasteiger partial charge in [-0.2, -0.15) is 0 Å². The molecule has 0 saturated carbocycles. The van der Waals surface area contributed by atoms with Crippen molar-refractivity contribution in [2.45, 2.75) is 0 Å². The van der Waals surface area contributed by atoms with Crippen molar-refractivity contribution in [2.24, 2.45) is 0 Å². The summed E-state index contributed by atoms with van der Waals surface area (Å²) < 4.78 is 12.7. The van der Waals surface area contributed by atoms with Gasteiger partial charge in [0, 0.05) is 0 Å². The van der Waals surface area contributed by atoms with Gasteiger partial charge in [0.1, 0.15) is 0 Å². The molecular formula is C5H5N7O3. The highest BCUT2D eigenvalue weighted by atomic mass is 16.5. The fourth-order valence-electron chi connectivity index (χ4n) is 0.378. The van der Waals surface area contributed by atoms with Gasteiger partial charge in [0.15, 0.2) is 6.33 Å². The van der Waals surface area contributed by atoms with Crippen LogP contribution in [0.4, 0.5) is 0 Å². The third-order valence-electron chi connectivity index (χ3n) is 0.795. The van der Waals surface area contributed by atoms with Crippen molar-refractivity contribution in [1.29, 1.82) is 0 Å². The second-order valence-corrected chi connectivity index (χ2v) is 1.66. The molecule has 10 nitrogen and oxygen atoms in total. The van der Waals surface area contributed by atoms with E-state index < -0.39 is 0 Å². The lowest BCUT2D eigenvalue weighted by molar-refractivity contribution is 0.392. The summed E-state index contributed by atoms with van der Waals surface area (Å²) in [4.78, 5) is 3.44. The van der Waals surface area contributed by atoms with E-state index in [1.54, 1.807) is 0 Å². The van der Waals surface area contributed by atoms with Crippen LogP contribution in [-0.2, 0) is 0 Å². The van der Waals surface area contributed by atoms with E-state index in [1.165, 1.54) is 25.5 Å². The Bertz CT molecular complexity index is 255. The summed E-state index contributed by atoms with van der Waals surface area (Å²) in [6.07, 6.45) is 6.28. The third kappa shape index (κ3) is 6.51. The minimum Gasteiger partial charge on any atom is -0.431 e. The molecule has 0 fully saturated rings. The summed E-state index contributed by atoms with van der Waals surface area (Å²) in [7, 11) is 0. The van der Waals surface area contributed by atoms with Crippen LogP contribution in [0.1, 0.15) is 0 Å². The molecule has 0 aliphatic rings. The molecule has 0 aromatic carbocycles. The molecule has 0 atom stereocenters. The molecule has 3 aromatic rings. The normalized spacial score (nSPS) is 8.00. The van der Waals surface area contributed by atoms with Crippen LogP contribution in [0.25, 0.3) is 0 Å². The first-order chi connectivity index (χ1) is 7.50. The molecule has 0 aliphatic carbocycles. The van der Waals surface area contributed by atoms with E-state index in [0.717, 1.165) is 6.39 Å². The van der Waals surface area contributed by atoms with Crippen LogP contribution in [0.5, 0.6) is 0 Å². The largest absolute Gasteiger partial charge is 0.431 e. The Labute approximate surface area is 82.3 Å². The first kappa shape index (κ1) is 10.4. The third-order valence-corrected chi connectivity index (χ3v) is 0.795. The van der Waals surface area contributed by atoms with Gasteiger partial charge >= 0.3 is 0 Å². The number of hydrogen-bond donors (Lipinski definition) is 0. The van der Waals surface area contributed by atoms with Crippen LogP contribution in [0, 0.1) is 0 Å². The molecule has 10 heteroatoms. The fraction of sp³-hybridized carbons (Fsp3) is 0. The summed E-state index contributed by atoms with van der Waals surface area (Å²) in [5, 5.41) is 19.1. The lowest BCUT2D eigenvalue weighted by atomic mass is 11.3. The van der Waals surface area contributed by atoms with Crippen LogP contribution in [0.2, 0.25) is 0 Å². The molecule has 3 heterocycles. The van der Waals surface area contributed by atoms with E-state index in [2.05, 4.69) is 49.4 Å². The number of rotatable bonds is 0. The highest BCUT2D eigenvalue weighted by molar-refractivity contribution is 4.35. The van der Waals surface area contributed by atoms with E-state index >= 15 is 0 Å². The van der Waals surface area contributed by atoms with Gasteiger partial charge in [-0.15, -0.1) is 10.2 Å². The van der Waals surface area contributed by atoms with Crippen molar-refractivity contribution in [3.8, 4) is 0 Å². The van der Waals surface area contributed by atoms with Gasteiger partial charge in [-0.3, -0.25) is 0 Å². The summed E-state index contributed by atoms with van der Waals surface area (Å²) in [6.45, 7) is 0. The van der Waals surface area contributed by atoms with Crippen molar-refractivity contribution < 1.29 is 13.5 Å². The zero-order valence-corrected chi connectivity index (χ0v) is 7.24. The van der Waals surface area contributed by atoms with Crippen molar-refractivity contribution in [3.63, 3.8) is 0 Å². The standard InChI is InChI=1S/2C2H2N2O.CHN3O/c1-3-4-2-5-1;1-3-2-5-4-1;1-2-3-4-5-1/h2*1-2H;1H. The topological polar surface area (TPSA) is 130 Å². The van der Waals surface area contributed by atoms with E-state index in [-0.39, 0.29) is 0 Å². The van der Waals surface area contributed by atoms with Gasteiger partial charge < -0.3 is 13.5 Å². The molecule has 3 rings (SSSR count). The van der Waals surface area contributed by atoms with Crippen molar-refractivity contribution in [2.75, 3.05) is 0 Å². The molecule has 0 spiro atoms. The van der Waals surface area contributed by atoms with Gasteiger partial charge in [-0.25, -0.2) is 4.98 Å². The Kier molecular flexibility index (Phi) is 5.54. The monoisotopic (exact) mass is 211 g/mol. The Morgan fingerprint density at radius 2 is 1.67 bits per heavy atom. The van der Waals surface area contributed by atoms with Gasteiger partial charge in [0.25, 0.3) is 0 Å². The average molecular weight is 211 g/mol. The van der Waals surface area contributed by atoms with Crippen LogP contribution in [0.3, 0.4) is 0 Å². The Morgan fingerprint density at radius 1 is 0.800 bits per heavy atom. The van der Waals surface area contributed by atoms with Gasteiger partial charge in [0.05, 0.1) is 5.27 Å². The fourth-order valence-corrected chi connectivity index (χ4v) is 0.378. The molecular weight excluding hydrogens is 206 g/mol. The SMILES string of the molecule is c1ncon1.c1nnco1.c1nnno1. The van der Waals surface area contributed by atoms with Crippen LogP contribution < -0.4 is 0 Å². The Morgan fingerprint density at radius 3 is 1.87 bits per heavy atom. The van der Waals surface area contributed by atoms with Crippen LogP contribution in [0.15, 0.2) is 45.4 Å². The molecule has 0 aliphatic heterocycles. The molecule has 0 bridgehead atoms. The van der Waals surface area contributed by atoms with Gasteiger partial charge in [-0.05, 0) is 5.21 Å². The first-order valence-corrected chi connectivity index (χ1v) is 3.46. The number of hydrogen-bond acceptors (Lipinski definition) is 10. The zero-order valence-electron chi connectivity index (χ0n) is 7.24. The second kappa shape index (κ2) is 7.97. The summed E-state index contributed by atoms with van der Waals surface area (Å²) in [6, 6.07) is 0. The summed E-state index contributed by atoms with van der Waals surface area (Å²) in [5.41, 5.74) is 0. The molecule has 0 radical (unpaired) electrons. The van der Waals surface area contributed by atoms with Gasteiger partial charge in [-0.1, -0.05) is 10.3 Å². The molecule has 3 aromatic heterocycles. The van der Waals surface area contributed by atoms with E-state index in [0.29, 0.717) is 0 Å². The first-order valence-electron chi connectivity index (χ1n) is 3.46. The number of aromatic nitrogens is 7. The predicted molar refractivity (Wildman–Crippen MR) is 40.7 cm³/mol. The molecule has 0 unspecified atom stereocenters. The average Bonchev–Trinajstić information content (AvgIpc) is 3.09. The molecule has 15 heavy (non-hydrogen) atoms. The highest BCUT2D eigenvalue weighted by Gasteiger charge is 1.62. The maximum absolute atomic E-state index is 4.36. The van der Waals surface area contributed by atoms with Crippen LogP contribution >= 0.6 is 0 Å². The lowest BCUT2D eigenvalue weighted by Gasteiger charge is -1.45. The smallest absolute Gasteiger partial charge is 0.235 e. The molecule has 78 valence electrons. The second-order valence-electron chi connectivity index (χ2n) is 1.66. The van der Waals surface area contributed by atoms with E-state index in [9.17, 15) is 0 Å². The lowest BCUT2D eigenvalue weighted by Crippen LogP contribution is -1.61. The van der Waals surface area contributed by atoms with E-state index in [1.807, 2.05) is 0 Å². The van der Waals surface area contributed by atoms with Crippen molar-refractivity contribution in [3.05, 3.63) is 31.9 Å². The van der Waals surface area contributed by atoms with Gasteiger partial charge in [0.2, 0.25) is 25.6 Å². The highest BCUT2D eigenvalue weighted by Crippen LogP contribution is 1.64. The quantitative estimate of drug-likeness (QED) is 0.484. The minimum atomic E-state index is 1.15. The predicted octanol–water partition coefficient (Wildman–Crippen LogP) is -0.396. The zero-order chi connectivity index (χ0) is 10.6. The minimum absolute atomic E-state index is 1.15.